The van der Waals surface area contributed by atoms with Gasteiger partial charge in [0.2, 0.25) is 0 Å². The molecule has 2 heterocycles. The summed E-state index contributed by atoms with van der Waals surface area (Å²) in [5.74, 6) is 1.52. The lowest BCUT2D eigenvalue weighted by atomic mass is 9.99. The summed E-state index contributed by atoms with van der Waals surface area (Å²) in [6.07, 6.45) is 3.46. The molecule has 1 aromatic heterocycles. The van der Waals surface area contributed by atoms with Crippen molar-refractivity contribution in [2.75, 3.05) is 0 Å². The first-order valence-corrected chi connectivity index (χ1v) is 13.1. The summed E-state index contributed by atoms with van der Waals surface area (Å²) in [5, 5.41) is 8.35. The Hall–Kier alpha value is -5.09. The highest BCUT2D eigenvalue weighted by Gasteiger charge is 2.23. The van der Waals surface area contributed by atoms with E-state index < -0.39 is 0 Å². The molecule has 1 unspecified atom stereocenters. The molecule has 0 amide bonds. The zero-order chi connectivity index (χ0) is 26.2. The molecular weight excluding hydrogens is 476 g/mol. The van der Waals surface area contributed by atoms with Gasteiger partial charge in [-0.3, -0.25) is 4.98 Å². The molecule has 1 aliphatic heterocycles. The fourth-order valence-electron chi connectivity index (χ4n) is 5.39. The van der Waals surface area contributed by atoms with Crippen molar-refractivity contribution < 1.29 is 0 Å². The highest BCUT2D eigenvalue weighted by molar-refractivity contribution is 6.17. The average Bonchev–Trinajstić information content (AvgIpc) is 3.00. The van der Waals surface area contributed by atoms with Gasteiger partial charge in [-0.2, -0.15) is 0 Å². The lowest BCUT2D eigenvalue weighted by molar-refractivity contribution is 0.680. The molecule has 186 valence electrons. The number of aromatic nitrogens is 1. The average molecular weight is 503 g/mol. The SMILES string of the molecule is Cc1ccncc1-c1cccc(C2=NC(c3cccc4ccccc34)=NC(c3cccc4ccccc34)N2)c1. The van der Waals surface area contributed by atoms with Crippen LogP contribution in [0, 0.1) is 6.92 Å². The third kappa shape index (κ3) is 4.26. The molecule has 5 aromatic carbocycles. The lowest BCUT2D eigenvalue weighted by Gasteiger charge is -2.25. The maximum absolute atomic E-state index is 5.20. The zero-order valence-electron chi connectivity index (χ0n) is 21.5. The molecular formula is C35H26N4. The van der Waals surface area contributed by atoms with Crippen LogP contribution >= 0.6 is 0 Å². The van der Waals surface area contributed by atoms with E-state index in [9.17, 15) is 0 Å². The van der Waals surface area contributed by atoms with Gasteiger partial charge in [0.15, 0.2) is 5.84 Å². The van der Waals surface area contributed by atoms with Gasteiger partial charge in [0.1, 0.15) is 12.0 Å². The Morgan fingerprint density at radius 3 is 2.18 bits per heavy atom. The van der Waals surface area contributed by atoms with Gasteiger partial charge in [-0.25, -0.2) is 9.98 Å². The van der Waals surface area contributed by atoms with Crippen LogP contribution in [0.1, 0.15) is 28.4 Å². The second-order valence-electron chi connectivity index (χ2n) is 9.83. The van der Waals surface area contributed by atoms with Crippen LogP contribution in [0.2, 0.25) is 0 Å². The standard InChI is InChI=1S/C35H26N4/c1-23-19-20-36-22-32(23)26-13-6-14-27(21-26)33-37-34(30-17-7-11-24-9-2-4-15-28(24)30)39-35(38-33)31-18-8-12-25-10-3-5-16-29(25)31/h2-22,34H,1H3,(H,37,38,39). The van der Waals surface area contributed by atoms with Crippen LogP contribution < -0.4 is 5.32 Å². The molecule has 0 saturated heterocycles. The van der Waals surface area contributed by atoms with E-state index in [1.54, 1.807) is 0 Å². The number of fused-ring (bicyclic) bond motifs is 2. The maximum atomic E-state index is 5.20. The van der Waals surface area contributed by atoms with E-state index in [1.807, 2.05) is 18.5 Å². The minimum absolute atomic E-state index is 0.290. The fraction of sp³-hybridized carbons (Fsp3) is 0.0571. The van der Waals surface area contributed by atoms with Gasteiger partial charge < -0.3 is 5.32 Å². The van der Waals surface area contributed by atoms with Crippen molar-refractivity contribution >= 4 is 33.2 Å². The van der Waals surface area contributed by atoms with Gasteiger partial charge in [-0.1, -0.05) is 103 Å². The maximum Gasteiger partial charge on any atom is 0.160 e. The van der Waals surface area contributed by atoms with E-state index in [1.165, 1.54) is 21.7 Å². The minimum atomic E-state index is -0.290. The fourth-order valence-corrected chi connectivity index (χ4v) is 5.39. The monoisotopic (exact) mass is 502 g/mol. The van der Waals surface area contributed by atoms with Crippen molar-refractivity contribution in [2.24, 2.45) is 9.98 Å². The number of nitrogens with one attached hydrogen (secondary N) is 1. The number of nitrogens with zero attached hydrogens (tertiary/aromatic N) is 3. The molecule has 1 N–H and O–H groups in total. The van der Waals surface area contributed by atoms with E-state index in [-0.39, 0.29) is 6.17 Å². The number of hydrogen-bond donors (Lipinski definition) is 1. The highest BCUT2D eigenvalue weighted by Crippen LogP contribution is 2.30. The van der Waals surface area contributed by atoms with E-state index >= 15 is 0 Å². The normalized spacial score (nSPS) is 15.1. The number of pyridine rings is 1. The number of rotatable bonds is 4. The summed E-state index contributed by atoms with van der Waals surface area (Å²) in [5.41, 5.74) is 6.57. The molecule has 0 spiro atoms. The summed E-state index contributed by atoms with van der Waals surface area (Å²) in [4.78, 5) is 14.7. The largest absolute Gasteiger partial charge is 0.344 e. The summed E-state index contributed by atoms with van der Waals surface area (Å²) >= 11 is 0. The first kappa shape index (κ1) is 23.1. The van der Waals surface area contributed by atoms with Crippen molar-refractivity contribution in [3.05, 3.63) is 150 Å². The molecule has 0 bridgehead atoms. The Balaban J connectivity index is 1.41. The molecule has 7 rings (SSSR count). The van der Waals surface area contributed by atoms with Crippen LogP contribution in [0.25, 0.3) is 32.7 Å². The molecule has 4 nitrogen and oxygen atoms in total. The zero-order valence-corrected chi connectivity index (χ0v) is 21.5. The molecule has 0 aliphatic carbocycles. The second kappa shape index (κ2) is 9.66. The van der Waals surface area contributed by atoms with Crippen molar-refractivity contribution in [1.82, 2.24) is 10.3 Å². The third-order valence-electron chi connectivity index (χ3n) is 7.38. The van der Waals surface area contributed by atoms with Crippen molar-refractivity contribution in [3.8, 4) is 11.1 Å². The Bertz CT molecular complexity index is 1910. The summed E-state index contributed by atoms with van der Waals surface area (Å²) < 4.78 is 0. The molecule has 39 heavy (non-hydrogen) atoms. The van der Waals surface area contributed by atoms with Crippen LogP contribution in [0.4, 0.5) is 0 Å². The van der Waals surface area contributed by atoms with E-state index in [0.29, 0.717) is 0 Å². The van der Waals surface area contributed by atoms with Crippen molar-refractivity contribution in [3.63, 3.8) is 0 Å². The molecule has 0 fully saturated rings. The van der Waals surface area contributed by atoms with Crippen molar-refractivity contribution in [2.45, 2.75) is 13.1 Å². The van der Waals surface area contributed by atoms with E-state index in [2.05, 4.69) is 126 Å². The predicted molar refractivity (Wildman–Crippen MR) is 161 cm³/mol. The lowest BCUT2D eigenvalue weighted by Crippen LogP contribution is -2.33. The van der Waals surface area contributed by atoms with Gasteiger partial charge in [0, 0.05) is 34.6 Å². The van der Waals surface area contributed by atoms with Crippen LogP contribution in [-0.4, -0.2) is 16.7 Å². The van der Waals surface area contributed by atoms with Crippen LogP contribution in [0.3, 0.4) is 0 Å². The van der Waals surface area contributed by atoms with Crippen LogP contribution in [0.15, 0.2) is 138 Å². The third-order valence-corrected chi connectivity index (χ3v) is 7.38. The number of amidine groups is 2. The van der Waals surface area contributed by atoms with Gasteiger partial charge >= 0.3 is 0 Å². The predicted octanol–water partition coefficient (Wildman–Crippen LogP) is 7.86. The molecule has 0 radical (unpaired) electrons. The molecule has 0 saturated carbocycles. The van der Waals surface area contributed by atoms with Gasteiger partial charge in [-0.05, 0) is 51.7 Å². The quantitative estimate of drug-likeness (QED) is 0.267. The first-order chi connectivity index (χ1) is 19.2. The minimum Gasteiger partial charge on any atom is -0.344 e. The summed E-state index contributed by atoms with van der Waals surface area (Å²) in [6, 6.07) is 40.1. The Labute approximate surface area is 227 Å². The number of aliphatic imine (C=N–C) groups is 2. The molecule has 6 aromatic rings. The molecule has 4 heteroatoms. The Morgan fingerprint density at radius 1 is 0.641 bits per heavy atom. The van der Waals surface area contributed by atoms with E-state index in [0.717, 1.165) is 44.9 Å². The summed E-state index contributed by atoms with van der Waals surface area (Å²) in [7, 11) is 0. The molecule has 1 aliphatic rings. The van der Waals surface area contributed by atoms with Gasteiger partial charge in [0.05, 0.1) is 0 Å². The number of benzene rings is 5. The highest BCUT2D eigenvalue weighted by atomic mass is 15.2. The van der Waals surface area contributed by atoms with Crippen LogP contribution in [-0.2, 0) is 0 Å². The number of aryl methyl sites for hydroxylation is 1. The molecule has 1 atom stereocenters. The smallest absolute Gasteiger partial charge is 0.160 e. The van der Waals surface area contributed by atoms with Gasteiger partial charge in [0.25, 0.3) is 0 Å². The Morgan fingerprint density at radius 2 is 1.33 bits per heavy atom. The topological polar surface area (TPSA) is 49.6 Å². The van der Waals surface area contributed by atoms with Crippen molar-refractivity contribution in [1.29, 1.82) is 0 Å². The van der Waals surface area contributed by atoms with Crippen LogP contribution in [0.5, 0.6) is 0 Å². The Kier molecular flexibility index (Phi) is 5.71. The first-order valence-electron chi connectivity index (χ1n) is 13.1. The number of hydrogen-bond acceptors (Lipinski definition) is 4. The van der Waals surface area contributed by atoms with Gasteiger partial charge in [-0.15, -0.1) is 0 Å². The summed E-state index contributed by atoms with van der Waals surface area (Å²) in [6.45, 7) is 2.11. The van der Waals surface area contributed by atoms with E-state index in [4.69, 9.17) is 9.98 Å². The second-order valence-corrected chi connectivity index (χ2v) is 9.83.